The van der Waals surface area contributed by atoms with Gasteiger partial charge < -0.3 is 45.2 Å². The molecule has 0 spiro atoms. The van der Waals surface area contributed by atoms with Gasteiger partial charge in [0.05, 0.1) is 31.5 Å². The van der Waals surface area contributed by atoms with E-state index in [-0.39, 0.29) is 17.9 Å². The first-order valence-corrected chi connectivity index (χ1v) is 13.0. The second-order valence-electron chi connectivity index (χ2n) is 12.7. The summed E-state index contributed by atoms with van der Waals surface area (Å²) in [5, 5.41) is 74.7. The first-order chi connectivity index (χ1) is 16.6. The van der Waals surface area contributed by atoms with Gasteiger partial charge >= 0.3 is 0 Å². The molecule has 9 nitrogen and oxygen atoms in total. The minimum absolute atomic E-state index is 0.0514. The summed E-state index contributed by atoms with van der Waals surface area (Å²) in [6, 6.07) is 0. The summed E-state index contributed by atoms with van der Waals surface area (Å²) in [6.07, 6.45) is -2.20. The van der Waals surface area contributed by atoms with Crippen LogP contribution in [-0.4, -0.2) is 97.5 Å². The summed E-state index contributed by atoms with van der Waals surface area (Å²) < 4.78 is 11.5. The van der Waals surface area contributed by atoms with Crippen molar-refractivity contribution in [2.24, 2.45) is 28.1 Å². The lowest BCUT2D eigenvalue weighted by atomic mass is 9.44. The molecule has 36 heavy (non-hydrogen) atoms. The van der Waals surface area contributed by atoms with E-state index in [1.54, 1.807) is 6.92 Å². The Morgan fingerprint density at radius 3 is 2.39 bits per heavy atom. The molecule has 0 aromatic rings. The summed E-state index contributed by atoms with van der Waals surface area (Å²) in [7, 11) is 0. The largest absolute Gasteiger partial charge is 0.394 e. The minimum Gasteiger partial charge on any atom is -0.394 e. The summed E-state index contributed by atoms with van der Waals surface area (Å²) in [6.45, 7) is 10.4. The Morgan fingerprint density at radius 2 is 1.78 bits per heavy atom. The molecular formula is C27H44O9. The fraction of sp³-hybridized carbons (Fsp3) is 0.852. The molecule has 0 aromatic heterocycles. The second-order valence-corrected chi connectivity index (χ2v) is 12.7. The van der Waals surface area contributed by atoms with Gasteiger partial charge in [0.15, 0.2) is 6.29 Å². The zero-order valence-electron chi connectivity index (χ0n) is 21.7. The van der Waals surface area contributed by atoms with Crippen molar-refractivity contribution in [1.82, 2.24) is 0 Å². The third-order valence-corrected chi connectivity index (χ3v) is 10.1. The number of hydrogen-bond donors (Lipinski definition) is 7. The van der Waals surface area contributed by atoms with E-state index in [1.807, 2.05) is 12.2 Å². The highest BCUT2D eigenvalue weighted by atomic mass is 16.7. The molecule has 1 heterocycles. The molecule has 2 saturated carbocycles. The predicted octanol–water partition coefficient (Wildman–Crippen LogP) is 0.241. The first kappa shape index (κ1) is 28.1. The van der Waals surface area contributed by atoms with E-state index >= 15 is 0 Å². The van der Waals surface area contributed by atoms with Crippen LogP contribution in [-0.2, 0) is 9.47 Å². The number of aliphatic hydroxyl groups excluding tert-OH is 6. The van der Waals surface area contributed by atoms with Crippen LogP contribution in [0.5, 0.6) is 0 Å². The van der Waals surface area contributed by atoms with Gasteiger partial charge in [-0.15, -0.1) is 6.58 Å². The molecule has 3 fully saturated rings. The van der Waals surface area contributed by atoms with Gasteiger partial charge in [-0.2, -0.15) is 0 Å². The van der Waals surface area contributed by atoms with E-state index in [0.29, 0.717) is 6.42 Å². The van der Waals surface area contributed by atoms with E-state index in [2.05, 4.69) is 20.4 Å². The number of fused-ring (bicyclic) bond motifs is 3. The van der Waals surface area contributed by atoms with Crippen molar-refractivity contribution in [3.05, 3.63) is 24.3 Å². The maximum Gasteiger partial charge on any atom is 0.186 e. The van der Waals surface area contributed by atoms with Crippen molar-refractivity contribution in [1.29, 1.82) is 0 Å². The molecule has 1 aliphatic heterocycles. The summed E-state index contributed by atoms with van der Waals surface area (Å²) in [5.74, 6) is -0.347. The summed E-state index contributed by atoms with van der Waals surface area (Å²) >= 11 is 0. The molecule has 4 rings (SSSR count). The van der Waals surface area contributed by atoms with Gasteiger partial charge in [0.1, 0.15) is 23.9 Å². The highest BCUT2D eigenvalue weighted by Gasteiger charge is 2.64. The van der Waals surface area contributed by atoms with E-state index in [4.69, 9.17) is 9.47 Å². The average molecular weight is 513 g/mol. The average Bonchev–Trinajstić information content (AvgIpc) is 2.80. The molecule has 9 heteroatoms. The Balaban J connectivity index is 1.63. The Bertz CT molecular complexity index is 871. The van der Waals surface area contributed by atoms with Gasteiger partial charge in [-0.3, -0.25) is 0 Å². The highest BCUT2D eigenvalue weighted by Crippen LogP contribution is 2.63. The lowest BCUT2D eigenvalue weighted by Crippen LogP contribution is -2.68. The van der Waals surface area contributed by atoms with Crippen molar-refractivity contribution in [3.63, 3.8) is 0 Å². The smallest absolute Gasteiger partial charge is 0.186 e. The molecule has 0 radical (unpaired) electrons. The maximum absolute atomic E-state index is 11.4. The van der Waals surface area contributed by atoms with Crippen LogP contribution in [0.15, 0.2) is 24.3 Å². The Hall–Kier alpha value is -0.880. The molecule has 7 N–H and O–H groups in total. The van der Waals surface area contributed by atoms with Crippen molar-refractivity contribution in [2.75, 3.05) is 13.2 Å². The molecule has 1 saturated heterocycles. The molecule has 0 aromatic carbocycles. The van der Waals surface area contributed by atoms with Crippen molar-refractivity contribution >= 4 is 0 Å². The van der Waals surface area contributed by atoms with Gasteiger partial charge in [-0.05, 0) is 49.4 Å². The number of hydrogen-bond acceptors (Lipinski definition) is 9. The Kier molecular flexibility index (Phi) is 7.34. The third-order valence-electron chi connectivity index (χ3n) is 10.1. The van der Waals surface area contributed by atoms with E-state index in [0.717, 1.165) is 24.8 Å². The van der Waals surface area contributed by atoms with Crippen molar-refractivity contribution in [3.8, 4) is 0 Å². The number of ether oxygens (including phenoxy) is 2. The lowest BCUT2D eigenvalue weighted by Gasteiger charge is -2.63. The second kappa shape index (κ2) is 9.39. The van der Waals surface area contributed by atoms with Crippen LogP contribution in [0.2, 0.25) is 0 Å². The number of rotatable bonds is 5. The van der Waals surface area contributed by atoms with E-state index < -0.39 is 71.9 Å². The van der Waals surface area contributed by atoms with Crippen LogP contribution in [0.25, 0.3) is 0 Å². The van der Waals surface area contributed by atoms with Gasteiger partial charge in [0.2, 0.25) is 0 Å². The topological polar surface area (TPSA) is 160 Å². The molecule has 3 aliphatic carbocycles. The van der Waals surface area contributed by atoms with Crippen LogP contribution in [0.4, 0.5) is 0 Å². The van der Waals surface area contributed by atoms with Gasteiger partial charge in [-0.25, -0.2) is 0 Å². The van der Waals surface area contributed by atoms with Crippen molar-refractivity contribution in [2.45, 2.75) is 102 Å². The predicted molar refractivity (Wildman–Crippen MR) is 130 cm³/mol. The molecule has 13 atom stereocenters. The SMILES string of the molecule is C=C[C@@]1(C)CC[C@H]2C(=C[C@H](O)[C@@H]3[C@]2(C)C[C@@H](O)[C@H](O)[C@]3(C)CO[C@@H]2O[C@H](CO)[C@@](C)(O)[C@@H](O)[C@@H]2O)C1. The number of allylic oxidation sites excluding steroid dienone is 2. The van der Waals surface area contributed by atoms with Crippen LogP contribution in [0, 0.1) is 28.1 Å². The molecule has 0 amide bonds. The van der Waals surface area contributed by atoms with Crippen LogP contribution >= 0.6 is 0 Å². The molecule has 206 valence electrons. The van der Waals surface area contributed by atoms with E-state index in [1.165, 1.54) is 6.92 Å². The third kappa shape index (κ3) is 4.21. The summed E-state index contributed by atoms with van der Waals surface area (Å²) in [4.78, 5) is 0. The Morgan fingerprint density at radius 1 is 1.11 bits per heavy atom. The standard InChI is InChI=1S/C27H44O9/c1-6-24(2)8-7-15-14(10-24)9-16(29)20-25(15,3)11-17(30)21(32)26(20,4)13-35-23-19(31)22(33)27(5,34)18(12-28)36-23/h6,9,15-23,28-34H,1,7-8,10-13H2,2-5H3/t15-,16-,17+,18+,19-,20+,21-,22-,23+,24-,25+,26+,27+/m0/s1. The molecular weight excluding hydrogens is 468 g/mol. The van der Waals surface area contributed by atoms with Crippen LogP contribution < -0.4 is 0 Å². The summed E-state index contributed by atoms with van der Waals surface area (Å²) in [5.41, 5.74) is -2.44. The monoisotopic (exact) mass is 512 g/mol. The quantitative estimate of drug-likeness (QED) is 0.256. The normalized spacial score (nSPS) is 55.3. The van der Waals surface area contributed by atoms with Crippen LogP contribution in [0.3, 0.4) is 0 Å². The zero-order chi connectivity index (χ0) is 26.8. The highest BCUT2D eigenvalue weighted by molar-refractivity contribution is 5.29. The van der Waals surface area contributed by atoms with Crippen LogP contribution in [0.1, 0.15) is 53.4 Å². The zero-order valence-corrected chi connectivity index (χ0v) is 21.7. The maximum atomic E-state index is 11.4. The minimum atomic E-state index is -1.89. The van der Waals surface area contributed by atoms with E-state index in [9.17, 15) is 35.7 Å². The van der Waals surface area contributed by atoms with Gasteiger partial charge in [0, 0.05) is 11.3 Å². The molecule has 0 unspecified atom stereocenters. The van der Waals surface area contributed by atoms with Gasteiger partial charge in [0.25, 0.3) is 0 Å². The number of aliphatic hydroxyl groups is 7. The molecule has 4 aliphatic rings. The van der Waals surface area contributed by atoms with Gasteiger partial charge in [-0.1, -0.05) is 38.5 Å². The molecule has 0 bridgehead atoms. The first-order valence-electron chi connectivity index (χ1n) is 13.0. The lowest BCUT2D eigenvalue weighted by molar-refractivity contribution is -0.338. The fourth-order valence-corrected chi connectivity index (χ4v) is 7.83. The van der Waals surface area contributed by atoms with Crippen molar-refractivity contribution < 1.29 is 45.2 Å². The Labute approximate surface area is 213 Å². The fourth-order valence-electron chi connectivity index (χ4n) is 7.83.